The van der Waals surface area contributed by atoms with Crippen LogP contribution in [0.4, 0.5) is 5.69 Å². The lowest BCUT2D eigenvalue weighted by atomic mass is 10.0. The van der Waals surface area contributed by atoms with Crippen molar-refractivity contribution in [1.29, 1.82) is 0 Å². The molecule has 0 bridgehead atoms. The van der Waals surface area contributed by atoms with Crippen LogP contribution in [0.1, 0.15) is 22.2 Å². The number of thiophene rings is 1. The van der Waals surface area contributed by atoms with Gasteiger partial charge in [0.1, 0.15) is 5.01 Å². The third kappa shape index (κ3) is 6.64. The molecule has 0 saturated heterocycles. The van der Waals surface area contributed by atoms with Gasteiger partial charge in [0.25, 0.3) is 0 Å². The smallest absolute Gasteiger partial charge is 0.346 e. The first-order chi connectivity index (χ1) is 16.3. The Labute approximate surface area is 210 Å². The fourth-order valence-electron chi connectivity index (χ4n) is 3.34. The molecule has 0 aliphatic carbocycles. The summed E-state index contributed by atoms with van der Waals surface area (Å²) >= 11 is 9.28. The summed E-state index contributed by atoms with van der Waals surface area (Å²) in [6, 6.07) is 17.3. The van der Waals surface area contributed by atoms with Crippen LogP contribution in [-0.2, 0) is 27.9 Å². The Kier molecular flexibility index (Phi) is 7.64. The number of amides is 1. The van der Waals surface area contributed by atoms with E-state index in [0.29, 0.717) is 11.4 Å². The molecule has 2 aromatic carbocycles. The quantitative estimate of drug-likeness (QED) is 0.250. The molecule has 4 rings (SSSR count). The molecule has 0 saturated carbocycles. The summed E-state index contributed by atoms with van der Waals surface area (Å²) < 4.78 is 33.0. The van der Waals surface area contributed by atoms with E-state index in [1.54, 1.807) is 41.7 Å². The zero-order valence-corrected chi connectivity index (χ0v) is 20.8. The maximum atomic E-state index is 12.9. The standard InChI is InChI=1S/C23H20ClN3O4S3/c24-18-5-2-1-4-16(18)13-22(28)25-19(23-26-20(14-33-23)21-6-3-11-32-21)12-15-7-9-17(10-8-15)27-34(29,30)31/h1-11,14,19,27H,12-13H2,(H,25,28)(H,29,30,31)/t19-/m0/s1. The summed E-state index contributed by atoms with van der Waals surface area (Å²) in [7, 11) is -4.35. The summed E-state index contributed by atoms with van der Waals surface area (Å²) in [6.45, 7) is 0. The Morgan fingerprint density at radius 2 is 1.82 bits per heavy atom. The van der Waals surface area contributed by atoms with E-state index in [0.717, 1.165) is 26.7 Å². The second-order valence-electron chi connectivity index (χ2n) is 7.41. The van der Waals surface area contributed by atoms with E-state index in [1.807, 2.05) is 45.8 Å². The molecule has 0 fully saturated rings. The van der Waals surface area contributed by atoms with Crippen LogP contribution in [0.15, 0.2) is 71.4 Å². The Balaban J connectivity index is 1.55. The molecule has 176 valence electrons. The molecule has 1 amide bonds. The summed E-state index contributed by atoms with van der Waals surface area (Å²) in [5.41, 5.74) is 2.68. The molecule has 2 aromatic heterocycles. The minimum Gasteiger partial charge on any atom is -0.346 e. The van der Waals surface area contributed by atoms with Crippen LogP contribution in [0.25, 0.3) is 10.6 Å². The molecular formula is C23H20ClN3O4S3. The number of thiazole rings is 1. The summed E-state index contributed by atoms with van der Waals surface area (Å²) in [6.07, 6.45) is 0.578. The van der Waals surface area contributed by atoms with Gasteiger partial charge in [-0.15, -0.1) is 22.7 Å². The van der Waals surface area contributed by atoms with E-state index < -0.39 is 16.3 Å². The zero-order chi connectivity index (χ0) is 24.1. The van der Waals surface area contributed by atoms with Crippen LogP contribution in [0, 0.1) is 0 Å². The Morgan fingerprint density at radius 1 is 1.06 bits per heavy atom. The molecule has 0 aliphatic heterocycles. The second kappa shape index (κ2) is 10.7. The largest absolute Gasteiger partial charge is 0.357 e. The zero-order valence-electron chi connectivity index (χ0n) is 17.6. The normalized spacial score (nSPS) is 12.3. The van der Waals surface area contributed by atoms with Crippen molar-refractivity contribution in [3.63, 3.8) is 0 Å². The Morgan fingerprint density at radius 3 is 2.50 bits per heavy atom. The highest BCUT2D eigenvalue weighted by Crippen LogP contribution is 2.30. The lowest BCUT2D eigenvalue weighted by Crippen LogP contribution is -2.31. The molecule has 34 heavy (non-hydrogen) atoms. The average molecular weight is 534 g/mol. The molecule has 4 aromatic rings. The number of benzene rings is 2. The highest BCUT2D eigenvalue weighted by molar-refractivity contribution is 7.87. The van der Waals surface area contributed by atoms with E-state index in [2.05, 4.69) is 5.32 Å². The van der Waals surface area contributed by atoms with E-state index in [9.17, 15) is 13.2 Å². The van der Waals surface area contributed by atoms with Gasteiger partial charge in [-0.25, -0.2) is 4.98 Å². The monoisotopic (exact) mass is 533 g/mol. The van der Waals surface area contributed by atoms with Crippen LogP contribution in [0.5, 0.6) is 0 Å². The van der Waals surface area contributed by atoms with Gasteiger partial charge in [-0.05, 0) is 47.2 Å². The topological polar surface area (TPSA) is 108 Å². The lowest BCUT2D eigenvalue weighted by molar-refractivity contribution is -0.121. The molecule has 1 atom stereocenters. The minimum absolute atomic E-state index is 0.135. The molecular weight excluding hydrogens is 514 g/mol. The maximum Gasteiger partial charge on any atom is 0.357 e. The van der Waals surface area contributed by atoms with Crippen molar-refractivity contribution in [3.8, 4) is 10.6 Å². The Bertz CT molecular complexity index is 1370. The van der Waals surface area contributed by atoms with Gasteiger partial charge in [-0.2, -0.15) is 8.42 Å². The van der Waals surface area contributed by atoms with Gasteiger partial charge in [0, 0.05) is 10.4 Å². The van der Waals surface area contributed by atoms with Crippen molar-refractivity contribution in [2.75, 3.05) is 4.72 Å². The molecule has 0 spiro atoms. The number of carbonyl (C=O) groups is 1. The van der Waals surface area contributed by atoms with Gasteiger partial charge in [0.05, 0.1) is 28.7 Å². The minimum atomic E-state index is -4.35. The molecule has 7 nitrogen and oxygen atoms in total. The van der Waals surface area contributed by atoms with E-state index in [1.165, 1.54) is 11.3 Å². The van der Waals surface area contributed by atoms with Crippen LogP contribution >= 0.6 is 34.3 Å². The van der Waals surface area contributed by atoms with Gasteiger partial charge in [0.2, 0.25) is 5.91 Å². The first-order valence-electron chi connectivity index (χ1n) is 10.1. The summed E-state index contributed by atoms with van der Waals surface area (Å²) in [5.74, 6) is -0.185. The van der Waals surface area contributed by atoms with Gasteiger partial charge in [-0.1, -0.05) is 48.0 Å². The van der Waals surface area contributed by atoms with E-state index >= 15 is 0 Å². The number of aromatic nitrogens is 1. The number of carbonyl (C=O) groups excluding carboxylic acids is 1. The SMILES string of the molecule is O=C(Cc1ccccc1Cl)N[C@@H](Cc1ccc(NS(=O)(=O)O)cc1)c1nc(-c2cccs2)cs1. The van der Waals surface area contributed by atoms with Crippen LogP contribution < -0.4 is 10.0 Å². The number of halogens is 1. The van der Waals surface area contributed by atoms with E-state index in [4.69, 9.17) is 21.1 Å². The maximum absolute atomic E-state index is 12.9. The first kappa shape index (κ1) is 24.4. The van der Waals surface area contributed by atoms with Crippen LogP contribution in [0.3, 0.4) is 0 Å². The van der Waals surface area contributed by atoms with Gasteiger partial charge in [0.15, 0.2) is 0 Å². The summed E-state index contributed by atoms with van der Waals surface area (Å²) in [5, 5.41) is 8.32. The fraction of sp³-hybridized carbons (Fsp3) is 0.130. The molecule has 2 heterocycles. The number of nitrogens with one attached hydrogen (secondary N) is 2. The Hall–Kier alpha value is -2.76. The predicted octanol–water partition coefficient (Wildman–Crippen LogP) is 5.38. The molecule has 3 N–H and O–H groups in total. The first-order valence-corrected chi connectivity index (χ1v) is 13.7. The third-order valence-corrected chi connectivity index (χ3v) is 7.59. The van der Waals surface area contributed by atoms with Crippen LogP contribution in [-0.4, -0.2) is 23.9 Å². The highest BCUT2D eigenvalue weighted by atomic mass is 35.5. The van der Waals surface area contributed by atoms with Crippen LogP contribution in [0.2, 0.25) is 5.02 Å². The molecule has 0 unspecified atom stereocenters. The van der Waals surface area contributed by atoms with Crippen molar-refractivity contribution in [2.24, 2.45) is 0 Å². The molecule has 11 heteroatoms. The van der Waals surface area contributed by atoms with Gasteiger partial charge < -0.3 is 5.32 Å². The van der Waals surface area contributed by atoms with Gasteiger partial charge in [-0.3, -0.25) is 14.1 Å². The second-order valence-corrected chi connectivity index (χ2v) is 10.8. The molecule has 0 radical (unpaired) electrons. The third-order valence-electron chi connectivity index (χ3n) is 4.88. The van der Waals surface area contributed by atoms with Crippen molar-refractivity contribution in [1.82, 2.24) is 10.3 Å². The summed E-state index contributed by atoms with van der Waals surface area (Å²) in [4.78, 5) is 18.7. The number of hydrogen-bond acceptors (Lipinski definition) is 6. The number of anilines is 1. The number of nitrogens with zero attached hydrogens (tertiary/aromatic N) is 1. The fourth-order valence-corrected chi connectivity index (χ4v) is 5.61. The van der Waals surface area contributed by atoms with Crippen molar-refractivity contribution >= 4 is 56.2 Å². The number of rotatable bonds is 9. The molecule has 0 aliphatic rings. The average Bonchev–Trinajstić information content (AvgIpc) is 3.47. The van der Waals surface area contributed by atoms with Gasteiger partial charge >= 0.3 is 10.3 Å². The van der Waals surface area contributed by atoms with Crippen molar-refractivity contribution in [3.05, 3.63) is 92.6 Å². The predicted molar refractivity (Wildman–Crippen MR) is 137 cm³/mol. The van der Waals surface area contributed by atoms with Crippen molar-refractivity contribution in [2.45, 2.75) is 18.9 Å². The van der Waals surface area contributed by atoms with Crippen molar-refractivity contribution < 1.29 is 17.8 Å². The number of hydrogen-bond donors (Lipinski definition) is 3. The lowest BCUT2D eigenvalue weighted by Gasteiger charge is -2.17. The van der Waals surface area contributed by atoms with E-state index in [-0.39, 0.29) is 18.0 Å². The highest BCUT2D eigenvalue weighted by Gasteiger charge is 2.20.